The molecule has 2 heterocycles. The second-order valence-corrected chi connectivity index (χ2v) is 4.76. The van der Waals surface area contributed by atoms with Crippen LogP contribution in [0.1, 0.15) is 10.4 Å². The van der Waals surface area contributed by atoms with Crippen molar-refractivity contribution in [1.82, 2.24) is 4.98 Å². The lowest BCUT2D eigenvalue weighted by Crippen LogP contribution is -2.14. The lowest BCUT2D eigenvalue weighted by Gasteiger charge is -2.05. The van der Waals surface area contributed by atoms with Crippen LogP contribution in [0.2, 0.25) is 0 Å². The SMILES string of the molecule is Cc1cc(NC(=O)Cc2cccs2)ncc1N. The molecule has 0 spiro atoms. The van der Waals surface area contributed by atoms with Crippen molar-refractivity contribution in [2.45, 2.75) is 13.3 Å². The van der Waals surface area contributed by atoms with Gasteiger partial charge in [-0.05, 0) is 30.0 Å². The van der Waals surface area contributed by atoms with E-state index in [-0.39, 0.29) is 5.91 Å². The fourth-order valence-electron chi connectivity index (χ4n) is 1.39. The van der Waals surface area contributed by atoms with E-state index in [2.05, 4.69) is 10.3 Å². The van der Waals surface area contributed by atoms with Gasteiger partial charge in [0.1, 0.15) is 5.82 Å². The molecule has 0 aliphatic heterocycles. The molecule has 3 N–H and O–H groups in total. The number of nitrogens with two attached hydrogens (primary N) is 1. The Morgan fingerprint density at radius 3 is 3.06 bits per heavy atom. The van der Waals surface area contributed by atoms with Crippen molar-refractivity contribution in [2.75, 3.05) is 11.1 Å². The average molecular weight is 247 g/mol. The van der Waals surface area contributed by atoms with Crippen molar-refractivity contribution in [3.8, 4) is 0 Å². The van der Waals surface area contributed by atoms with E-state index in [0.717, 1.165) is 10.4 Å². The van der Waals surface area contributed by atoms with Crippen LogP contribution in [-0.4, -0.2) is 10.9 Å². The Balaban J connectivity index is 2.00. The fourth-order valence-corrected chi connectivity index (χ4v) is 2.10. The Morgan fingerprint density at radius 1 is 1.59 bits per heavy atom. The van der Waals surface area contributed by atoms with Gasteiger partial charge in [-0.3, -0.25) is 4.79 Å². The minimum absolute atomic E-state index is 0.0656. The van der Waals surface area contributed by atoms with Gasteiger partial charge in [-0.15, -0.1) is 11.3 Å². The van der Waals surface area contributed by atoms with E-state index >= 15 is 0 Å². The third-order valence-electron chi connectivity index (χ3n) is 2.33. The van der Waals surface area contributed by atoms with Gasteiger partial charge in [0.25, 0.3) is 0 Å². The highest BCUT2D eigenvalue weighted by Crippen LogP contribution is 2.14. The van der Waals surface area contributed by atoms with Gasteiger partial charge in [-0.25, -0.2) is 4.98 Å². The summed E-state index contributed by atoms with van der Waals surface area (Å²) in [6.07, 6.45) is 1.93. The van der Waals surface area contributed by atoms with Gasteiger partial charge in [0.2, 0.25) is 5.91 Å². The molecule has 2 aromatic heterocycles. The molecule has 88 valence electrons. The molecule has 2 aromatic rings. The van der Waals surface area contributed by atoms with E-state index in [9.17, 15) is 4.79 Å². The van der Waals surface area contributed by atoms with Crippen LogP contribution in [0.15, 0.2) is 29.8 Å². The first-order chi connectivity index (χ1) is 8.15. The zero-order chi connectivity index (χ0) is 12.3. The summed E-state index contributed by atoms with van der Waals surface area (Å²) in [6, 6.07) is 5.63. The quantitative estimate of drug-likeness (QED) is 0.873. The molecule has 2 rings (SSSR count). The number of anilines is 2. The van der Waals surface area contributed by atoms with Crippen molar-refractivity contribution < 1.29 is 4.79 Å². The first-order valence-electron chi connectivity index (χ1n) is 5.19. The van der Waals surface area contributed by atoms with Crippen molar-refractivity contribution in [3.05, 3.63) is 40.2 Å². The standard InChI is InChI=1S/C12H13N3OS/c1-8-5-11(14-7-10(8)13)15-12(16)6-9-3-2-4-17-9/h2-5,7H,6,13H2,1H3,(H,14,15,16). The number of amides is 1. The van der Waals surface area contributed by atoms with Crippen molar-refractivity contribution in [1.29, 1.82) is 0 Å². The number of rotatable bonds is 3. The van der Waals surface area contributed by atoms with E-state index in [4.69, 9.17) is 5.73 Å². The summed E-state index contributed by atoms with van der Waals surface area (Å²) >= 11 is 1.57. The van der Waals surface area contributed by atoms with Crippen LogP contribution in [0, 0.1) is 6.92 Å². The zero-order valence-corrected chi connectivity index (χ0v) is 10.3. The molecule has 0 saturated carbocycles. The second-order valence-electron chi connectivity index (χ2n) is 3.73. The Kier molecular flexibility index (Phi) is 3.39. The second kappa shape index (κ2) is 4.97. The Hall–Kier alpha value is -1.88. The maximum atomic E-state index is 11.7. The molecule has 0 aliphatic rings. The topological polar surface area (TPSA) is 68.0 Å². The van der Waals surface area contributed by atoms with Gasteiger partial charge in [-0.1, -0.05) is 6.07 Å². The maximum Gasteiger partial charge on any atom is 0.230 e. The lowest BCUT2D eigenvalue weighted by molar-refractivity contribution is -0.115. The highest BCUT2D eigenvalue weighted by molar-refractivity contribution is 7.10. The molecule has 1 amide bonds. The van der Waals surface area contributed by atoms with Crippen LogP contribution in [0.3, 0.4) is 0 Å². The monoisotopic (exact) mass is 247 g/mol. The van der Waals surface area contributed by atoms with E-state index in [1.807, 2.05) is 24.4 Å². The van der Waals surface area contributed by atoms with Crippen LogP contribution in [0.5, 0.6) is 0 Å². The number of nitrogens with zero attached hydrogens (tertiary/aromatic N) is 1. The smallest absolute Gasteiger partial charge is 0.230 e. The average Bonchev–Trinajstić information content (AvgIpc) is 2.76. The van der Waals surface area contributed by atoms with Gasteiger partial charge in [0.15, 0.2) is 0 Å². The normalized spacial score (nSPS) is 10.2. The van der Waals surface area contributed by atoms with Crippen LogP contribution in [0.4, 0.5) is 11.5 Å². The number of thiophene rings is 1. The lowest BCUT2D eigenvalue weighted by atomic mass is 10.2. The molecule has 0 atom stereocenters. The third-order valence-corrected chi connectivity index (χ3v) is 3.21. The highest BCUT2D eigenvalue weighted by atomic mass is 32.1. The number of aromatic nitrogens is 1. The molecule has 5 heteroatoms. The maximum absolute atomic E-state index is 11.7. The summed E-state index contributed by atoms with van der Waals surface area (Å²) in [4.78, 5) is 16.8. The Morgan fingerprint density at radius 2 is 2.41 bits per heavy atom. The summed E-state index contributed by atoms with van der Waals surface area (Å²) in [5.41, 5.74) is 7.19. The van der Waals surface area contributed by atoms with Gasteiger partial charge >= 0.3 is 0 Å². The van der Waals surface area contributed by atoms with Crippen LogP contribution >= 0.6 is 11.3 Å². The van der Waals surface area contributed by atoms with Crippen molar-refractivity contribution >= 4 is 28.7 Å². The molecule has 0 radical (unpaired) electrons. The summed E-state index contributed by atoms with van der Waals surface area (Å²) in [7, 11) is 0. The molecular formula is C12H13N3OS. The summed E-state index contributed by atoms with van der Waals surface area (Å²) < 4.78 is 0. The minimum atomic E-state index is -0.0656. The molecule has 0 bridgehead atoms. The van der Waals surface area contributed by atoms with Crippen LogP contribution in [-0.2, 0) is 11.2 Å². The number of aryl methyl sites for hydroxylation is 1. The predicted molar refractivity (Wildman–Crippen MR) is 70.0 cm³/mol. The molecular weight excluding hydrogens is 234 g/mol. The number of hydrogen-bond donors (Lipinski definition) is 2. The molecule has 0 unspecified atom stereocenters. The Labute approximate surface area is 103 Å². The van der Waals surface area contributed by atoms with E-state index < -0.39 is 0 Å². The summed E-state index contributed by atoms with van der Waals surface area (Å²) in [6.45, 7) is 1.88. The van der Waals surface area contributed by atoms with Gasteiger partial charge < -0.3 is 11.1 Å². The fraction of sp³-hybridized carbons (Fsp3) is 0.167. The number of carbonyl (C=O) groups excluding carboxylic acids is 1. The molecule has 17 heavy (non-hydrogen) atoms. The first kappa shape index (κ1) is 11.6. The number of hydrogen-bond acceptors (Lipinski definition) is 4. The van der Waals surface area contributed by atoms with E-state index in [1.165, 1.54) is 0 Å². The number of carbonyl (C=O) groups is 1. The molecule has 0 saturated heterocycles. The summed E-state index contributed by atoms with van der Waals surface area (Å²) in [5.74, 6) is 0.474. The Bertz CT molecular complexity index is 523. The molecule has 0 aromatic carbocycles. The van der Waals surface area contributed by atoms with Crippen LogP contribution in [0.25, 0.3) is 0 Å². The molecule has 0 fully saturated rings. The minimum Gasteiger partial charge on any atom is -0.397 e. The van der Waals surface area contributed by atoms with Crippen molar-refractivity contribution in [3.63, 3.8) is 0 Å². The summed E-state index contributed by atoms with van der Waals surface area (Å²) in [5, 5.41) is 4.70. The van der Waals surface area contributed by atoms with Crippen molar-refractivity contribution in [2.24, 2.45) is 0 Å². The predicted octanol–water partition coefficient (Wildman–Crippen LogP) is 2.21. The number of nitrogen functional groups attached to an aromatic ring is 1. The van der Waals surface area contributed by atoms with Crippen LogP contribution < -0.4 is 11.1 Å². The van der Waals surface area contributed by atoms with E-state index in [1.54, 1.807) is 23.6 Å². The van der Waals surface area contributed by atoms with E-state index in [0.29, 0.717) is 17.9 Å². The molecule has 0 aliphatic carbocycles. The highest BCUT2D eigenvalue weighted by Gasteiger charge is 2.06. The first-order valence-corrected chi connectivity index (χ1v) is 6.07. The number of nitrogens with one attached hydrogen (secondary N) is 1. The molecule has 4 nitrogen and oxygen atoms in total. The third kappa shape index (κ3) is 3.04. The zero-order valence-electron chi connectivity index (χ0n) is 9.43. The number of pyridine rings is 1. The van der Waals surface area contributed by atoms with Gasteiger partial charge in [-0.2, -0.15) is 0 Å². The van der Waals surface area contributed by atoms with Gasteiger partial charge in [0.05, 0.1) is 18.3 Å². The van der Waals surface area contributed by atoms with Gasteiger partial charge in [0, 0.05) is 4.88 Å². The largest absolute Gasteiger partial charge is 0.397 e.